The minimum atomic E-state index is -0.363. The van der Waals surface area contributed by atoms with Crippen molar-refractivity contribution in [3.05, 3.63) is 59.0 Å². The van der Waals surface area contributed by atoms with Crippen LogP contribution >= 0.6 is 0 Å². The average molecular weight is 352 g/mol. The Labute approximate surface area is 150 Å². The topological polar surface area (TPSA) is 79.9 Å². The molecule has 0 atom stereocenters. The molecule has 0 aliphatic rings. The fourth-order valence-electron chi connectivity index (χ4n) is 2.80. The third kappa shape index (κ3) is 2.92. The van der Waals surface area contributed by atoms with E-state index in [1.165, 1.54) is 25.5 Å². The fourth-order valence-corrected chi connectivity index (χ4v) is 2.80. The lowest BCUT2D eigenvalue weighted by Gasteiger charge is -2.13. The van der Waals surface area contributed by atoms with Crippen LogP contribution in [0.15, 0.2) is 52.4 Å². The lowest BCUT2D eigenvalue weighted by molar-refractivity contribution is 0.408. The van der Waals surface area contributed by atoms with Gasteiger partial charge in [0.05, 0.1) is 12.7 Å². The Bertz CT molecular complexity index is 1060. The molecule has 3 rings (SSSR count). The fraction of sp³-hybridized carbons (Fsp3) is 0.190. The molecule has 0 bridgehead atoms. The van der Waals surface area contributed by atoms with Crippen LogP contribution in [0, 0.1) is 5.92 Å². The van der Waals surface area contributed by atoms with E-state index in [4.69, 9.17) is 9.15 Å². The van der Waals surface area contributed by atoms with Crippen LogP contribution in [0.5, 0.6) is 17.2 Å². The van der Waals surface area contributed by atoms with E-state index in [1.54, 1.807) is 18.2 Å². The van der Waals surface area contributed by atoms with Crippen molar-refractivity contribution in [1.82, 2.24) is 0 Å². The number of methoxy groups -OCH3 is 1. The molecular formula is C21H20O5. The number of phenols is 2. The second-order valence-electron chi connectivity index (χ2n) is 6.41. The normalized spacial score (nSPS) is 11.1. The minimum Gasteiger partial charge on any atom is -0.507 e. The summed E-state index contributed by atoms with van der Waals surface area (Å²) in [6.45, 7) is 7.96. The number of hydrogen-bond acceptors (Lipinski definition) is 5. The van der Waals surface area contributed by atoms with Gasteiger partial charge < -0.3 is 19.4 Å². The largest absolute Gasteiger partial charge is 0.507 e. The van der Waals surface area contributed by atoms with Crippen LogP contribution in [-0.4, -0.2) is 17.3 Å². The first kappa shape index (κ1) is 17.6. The van der Waals surface area contributed by atoms with Gasteiger partial charge in [-0.15, -0.1) is 0 Å². The molecule has 0 amide bonds. The standard InChI is InChI=1S/C21H20O5/c1-11(2)12(3)15-7-13(5-6-17(15)22)16-10-26-19-9-14(25-4)8-18(23)20(19)21(16)24/h5-11,22-23H,3H2,1-2,4H3. The van der Waals surface area contributed by atoms with Crippen LogP contribution in [0.4, 0.5) is 0 Å². The predicted octanol–water partition coefficient (Wildman–Crippen LogP) is 4.55. The van der Waals surface area contributed by atoms with Gasteiger partial charge in [0.1, 0.15) is 34.5 Å². The van der Waals surface area contributed by atoms with Crippen molar-refractivity contribution in [2.75, 3.05) is 7.11 Å². The smallest absolute Gasteiger partial charge is 0.204 e. The van der Waals surface area contributed by atoms with Crippen LogP contribution < -0.4 is 10.2 Å². The maximum Gasteiger partial charge on any atom is 0.204 e. The van der Waals surface area contributed by atoms with Crippen molar-refractivity contribution in [2.24, 2.45) is 5.92 Å². The molecule has 3 aromatic rings. The number of phenolic OH excluding ortho intramolecular Hbond substituents is 2. The molecule has 5 nitrogen and oxygen atoms in total. The van der Waals surface area contributed by atoms with Crippen molar-refractivity contribution in [2.45, 2.75) is 13.8 Å². The Balaban J connectivity index is 2.22. The van der Waals surface area contributed by atoms with Gasteiger partial charge in [0.15, 0.2) is 0 Å². The van der Waals surface area contributed by atoms with Gasteiger partial charge in [0, 0.05) is 17.7 Å². The third-order valence-corrected chi connectivity index (χ3v) is 4.42. The van der Waals surface area contributed by atoms with Gasteiger partial charge in [-0.2, -0.15) is 0 Å². The Morgan fingerprint density at radius 1 is 1.15 bits per heavy atom. The number of aromatic hydroxyl groups is 2. The van der Waals surface area contributed by atoms with Crippen molar-refractivity contribution in [3.63, 3.8) is 0 Å². The molecule has 0 aliphatic heterocycles. The number of fused-ring (bicyclic) bond motifs is 1. The van der Waals surface area contributed by atoms with E-state index >= 15 is 0 Å². The SMILES string of the molecule is C=C(c1cc(-c2coc3cc(OC)cc(O)c3c2=O)ccc1O)C(C)C. The van der Waals surface area contributed by atoms with Crippen LogP contribution in [0.2, 0.25) is 0 Å². The van der Waals surface area contributed by atoms with Crippen molar-refractivity contribution < 1.29 is 19.4 Å². The molecule has 26 heavy (non-hydrogen) atoms. The van der Waals surface area contributed by atoms with Gasteiger partial charge in [-0.1, -0.05) is 26.5 Å². The highest BCUT2D eigenvalue weighted by atomic mass is 16.5. The molecule has 0 radical (unpaired) electrons. The minimum absolute atomic E-state index is 0.0839. The van der Waals surface area contributed by atoms with Crippen LogP contribution in [0.25, 0.3) is 27.7 Å². The summed E-state index contributed by atoms with van der Waals surface area (Å²) in [6, 6.07) is 7.77. The molecule has 0 saturated heterocycles. The third-order valence-electron chi connectivity index (χ3n) is 4.42. The first-order valence-corrected chi connectivity index (χ1v) is 8.18. The zero-order chi connectivity index (χ0) is 19.0. The maximum atomic E-state index is 12.9. The van der Waals surface area contributed by atoms with E-state index in [9.17, 15) is 15.0 Å². The molecule has 0 fully saturated rings. The first-order valence-electron chi connectivity index (χ1n) is 8.18. The van der Waals surface area contributed by atoms with Crippen molar-refractivity contribution >= 4 is 16.5 Å². The Morgan fingerprint density at radius 2 is 1.88 bits per heavy atom. The number of hydrogen-bond donors (Lipinski definition) is 2. The average Bonchev–Trinajstić information content (AvgIpc) is 2.61. The summed E-state index contributed by atoms with van der Waals surface area (Å²) in [5, 5.41) is 20.4. The second kappa shape index (κ2) is 6.59. The quantitative estimate of drug-likeness (QED) is 0.720. The summed E-state index contributed by atoms with van der Waals surface area (Å²) in [5.41, 5.74) is 2.08. The van der Waals surface area contributed by atoms with E-state index in [2.05, 4.69) is 6.58 Å². The summed E-state index contributed by atoms with van der Waals surface area (Å²) in [6.07, 6.45) is 1.35. The molecule has 0 unspecified atom stereocenters. The monoisotopic (exact) mass is 352 g/mol. The van der Waals surface area contributed by atoms with Gasteiger partial charge in [-0.25, -0.2) is 0 Å². The van der Waals surface area contributed by atoms with Crippen LogP contribution in [0.3, 0.4) is 0 Å². The van der Waals surface area contributed by atoms with Gasteiger partial charge >= 0.3 is 0 Å². The zero-order valence-electron chi connectivity index (χ0n) is 14.9. The molecule has 5 heteroatoms. The molecule has 1 heterocycles. The number of allylic oxidation sites excluding steroid dienone is 1. The van der Waals surface area contributed by atoms with Crippen molar-refractivity contribution in [3.8, 4) is 28.4 Å². The van der Waals surface area contributed by atoms with Gasteiger partial charge in [0.25, 0.3) is 0 Å². The van der Waals surface area contributed by atoms with Crippen LogP contribution in [0.1, 0.15) is 19.4 Å². The van der Waals surface area contributed by atoms with Gasteiger partial charge in [-0.05, 0) is 29.2 Å². The molecule has 2 aromatic carbocycles. The number of rotatable bonds is 4. The van der Waals surface area contributed by atoms with Crippen LogP contribution in [-0.2, 0) is 0 Å². The summed E-state index contributed by atoms with van der Waals surface area (Å²) in [7, 11) is 1.46. The Hall–Kier alpha value is -3.21. The van der Waals surface area contributed by atoms with E-state index in [0.717, 1.165) is 5.57 Å². The highest BCUT2D eigenvalue weighted by Gasteiger charge is 2.16. The predicted molar refractivity (Wildman–Crippen MR) is 102 cm³/mol. The molecule has 134 valence electrons. The summed E-state index contributed by atoms with van der Waals surface area (Å²) in [4.78, 5) is 12.9. The highest BCUT2D eigenvalue weighted by Crippen LogP contribution is 2.34. The lowest BCUT2D eigenvalue weighted by atomic mass is 9.93. The molecule has 2 N–H and O–H groups in total. The molecule has 0 aliphatic carbocycles. The zero-order valence-corrected chi connectivity index (χ0v) is 14.9. The maximum absolute atomic E-state index is 12.9. The molecule has 0 spiro atoms. The van der Waals surface area contributed by atoms with E-state index in [-0.39, 0.29) is 39.4 Å². The van der Waals surface area contributed by atoms with Crippen molar-refractivity contribution in [1.29, 1.82) is 0 Å². The van der Waals surface area contributed by atoms with Gasteiger partial charge in [-0.3, -0.25) is 4.79 Å². The van der Waals surface area contributed by atoms with E-state index in [0.29, 0.717) is 16.9 Å². The van der Waals surface area contributed by atoms with E-state index < -0.39 is 0 Å². The Morgan fingerprint density at radius 3 is 2.54 bits per heavy atom. The van der Waals surface area contributed by atoms with E-state index in [1.807, 2.05) is 13.8 Å². The number of ether oxygens (including phenoxy) is 1. The second-order valence-corrected chi connectivity index (χ2v) is 6.41. The Kier molecular flexibility index (Phi) is 4.47. The summed E-state index contributed by atoms with van der Waals surface area (Å²) in [5.74, 6) is 0.428. The molecule has 1 aromatic heterocycles. The highest BCUT2D eigenvalue weighted by molar-refractivity contribution is 5.88. The summed E-state index contributed by atoms with van der Waals surface area (Å²) >= 11 is 0. The van der Waals surface area contributed by atoms with Gasteiger partial charge in [0.2, 0.25) is 5.43 Å². The first-order chi connectivity index (χ1) is 12.3. The lowest BCUT2D eigenvalue weighted by Crippen LogP contribution is -2.05. The molecular weight excluding hydrogens is 332 g/mol. The molecule has 0 saturated carbocycles. The number of benzene rings is 2. The summed E-state index contributed by atoms with van der Waals surface area (Å²) < 4.78 is 10.6.